The predicted octanol–water partition coefficient (Wildman–Crippen LogP) is 6.22. The molecule has 0 aliphatic rings. The van der Waals surface area contributed by atoms with Crippen LogP contribution in [0.4, 0.5) is 0 Å². The van der Waals surface area contributed by atoms with E-state index in [-0.39, 0.29) is 11.8 Å². The molecule has 0 aromatic heterocycles. The Balaban J connectivity index is 1.81. The van der Waals surface area contributed by atoms with Gasteiger partial charge in [-0.1, -0.05) is 86.5 Å². The van der Waals surface area contributed by atoms with E-state index in [1.807, 2.05) is 85.8 Å². The van der Waals surface area contributed by atoms with Gasteiger partial charge in [0.15, 0.2) is 0 Å². The van der Waals surface area contributed by atoms with Crippen LogP contribution >= 0.6 is 43.6 Å². The van der Waals surface area contributed by atoms with E-state index in [2.05, 4.69) is 37.2 Å². The molecule has 7 heteroatoms. The fourth-order valence-electron chi connectivity index (χ4n) is 3.55. The quantitative estimate of drug-likeness (QED) is 0.283. The number of nitrogens with one attached hydrogen (secondary N) is 1. The van der Waals surface area contributed by atoms with Gasteiger partial charge in [-0.05, 0) is 47.9 Å². The van der Waals surface area contributed by atoms with Crippen LogP contribution in [0.5, 0.6) is 0 Å². The number of likely N-dealkylation sites (N-methyl/N-ethyl adjacent to an activating group) is 1. The first-order chi connectivity index (χ1) is 16.5. The van der Waals surface area contributed by atoms with Crippen molar-refractivity contribution >= 4 is 55.4 Å². The summed E-state index contributed by atoms with van der Waals surface area (Å²) in [6.07, 6.45) is 0.465. The van der Waals surface area contributed by atoms with Crippen LogP contribution < -0.4 is 5.32 Å². The minimum atomic E-state index is -0.591. The highest BCUT2D eigenvalue weighted by atomic mass is 79.9. The largest absolute Gasteiger partial charge is 0.355 e. The van der Waals surface area contributed by atoms with Crippen molar-refractivity contribution in [3.05, 3.63) is 104 Å². The molecule has 1 atom stereocenters. The molecule has 178 valence electrons. The van der Waals surface area contributed by atoms with Crippen LogP contribution in [0, 0.1) is 0 Å². The lowest BCUT2D eigenvalue weighted by atomic mass is 10.0. The number of thioether (sulfide) groups is 1. The van der Waals surface area contributed by atoms with E-state index >= 15 is 0 Å². The molecule has 0 unspecified atom stereocenters. The Morgan fingerprint density at radius 3 is 2.03 bits per heavy atom. The van der Waals surface area contributed by atoms with Gasteiger partial charge in [0.25, 0.3) is 0 Å². The Hall–Kier alpha value is -2.09. The summed E-state index contributed by atoms with van der Waals surface area (Å²) >= 11 is 8.48. The highest BCUT2D eigenvalue weighted by Crippen LogP contribution is 2.20. The van der Waals surface area contributed by atoms with E-state index in [9.17, 15) is 9.59 Å². The van der Waals surface area contributed by atoms with Gasteiger partial charge >= 0.3 is 0 Å². The molecule has 0 saturated heterocycles. The van der Waals surface area contributed by atoms with Crippen molar-refractivity contribution < 1.29 is 9.59 Å². The highest BCUT2D eigenvalue weighted by molar-refractivity contribution is 9.10. The summed E-state index contributed by atoms with van der Waals surface area (Å²) < 4.78 is 2.01. The van der Waals surface area contributed by atoms with Gasteiger partial charge in [0, 0.05) is 34.2 Å². The van der Waals surface area contributed by atoms with Crippen LogP contribution in [0.2, 0.25) is 0 Å². The van der Waals surface area contributed by atoms with E-state index < -0.39 is 6.04 Å². The average molecular weight is 604 g/mol. The number of carbonyl (C=O) groups excluding carboxylic acids is 2. The smallest absolute Gasteiger partial charge is 0.243 e. The van der Waals surface area contributed by atoms with Gasteiger partial charge in [0.1, 0.15) is 6.04 Å². The third-order valence-electron chi connectivity index (χ3n) is 5.30. The predicted molar refractivity (Wildman–Crippen MR) is 148 cm³/mol. The summed E-state index contributed by atoms with van der Waals surface area (Å²) in [6.45, 7) is 2.79. The number of carbonyl (C=O) groups is 2. The van der Waals surface area contributed by atoms with E-state index in [1.165, 1.54) is 0 Å². The number of hydrogen-bond acceptors (Lipinski definition) is 3. The zero-order chi connectivity index (χ0) is 24.3. The lowest BCUT2D eigenvalue weighted by Crippen LogP contribution is -2.51. The second-order valence-corrected chi connectivity index (χ2v) is 10.7. The number of benzene rings is 3. The number of halogens is 2. The first-order valence-electron chi connectivity index (χ1n) is 11.1. The van der Waals surface area contributed by atoms with Gasteiger partial charge in [-0.15, -0.1) is 11.8 Å². The Kier molecular flexibility index (Phi) is 10.7. The molecule has 0 aliphatic heterocycles. The van der Waals surface area contributed by atoms with E-state index in [0.29, 0.717) is 25.3 Å². The Bertz CT molecular complexity index is 1060. The van der Waals surface area contributed by atoms with Crippen LogP contribution in [-0.2, 0) is 28.3 Å². The minimum Gasteiger partial charge on any atom is -0.355 e. The number of nitrogens with zero attached hydrogens (tertiary/aromatic N) is 1. The number of amides is 2. The van der Waals surface area contributed by atoms with Crippen LogP contribution in [0.15, 0.2) is 87.8 Å². The molecule has 0 bridgehead atoms. The molecule has 0 aliphatic carbocycles. The summed E-state index contributed by atoms with van der Waals surface area (Å²) in [5, 5.41) is 2.93. The standard InChI is InChI=1S/C27H28Br2N2O2S/c1-2-30-27(33)25(16-20-6-4-3-5-7-20)31(17-21-8-12-23(28)13-9-21)26(32)19-34-18-22-10-14-24(29)15-11-22/h3-15,25H,2,16-19H2,1H3,(H,30,33)/t25-/m1/s1. The highest BCUT2D eigenvalue weighted by Gasteiger charge is 2.30. The average Bonchev–Trinajstić information content (AvgIpc) is 2.84. The van der Waals surface area contributed by atoms with Crippen LogP contribution in [0.1, 0.15) is 23.6 Å². The van der Waals surface area contributed by atoms with Crippen molar-refractivity contribution in [2.45, 2.75) is 31.7 Å². The van der Waals surface area contributed by atoms with Crippen molar-refractivity contribution in [1.82, 2.24) is 10.2 Å². The van der Waals surface area contributed by atoms with E-state index in [1.54, 1.807) is 16.7 Å². The van der Waals surface area contributed by atoms with Crippen molar-refractivity contribution in [3.63, 3.8) is 0 Å². The van der Waals surface area contributed by atoms with E-state index in [0.717, 1.165) is 31.4 Å². The van der Waals surface area contributed by atoms with Gasteiger partial charge < -0.3 is 10.2 Å². The zero-order valence-electron chi connectivity index (χ0n) is 19.0. The van der Waals surface area contributed by atoms with Crippen LogP contribution in [0.3, 0.4) is 0 Å². The molecule has 3 aromatic carbocycles. The molecule has 0 saturated carbocycles. The number of hydrogen-bond donors (Lipinski definition) is 1. The van der Waals surface area contributed by atoms with Crippen molar-refractivity contribution in [1.29, 1.82) is 0 Å². The molecule has 0 heterocycles. The lowest BCUT2D eigenvalue weighted by molar-refractivity contribution is -0.139. The molecule has 4 nitrogen and oxygen atoms in total. The van der Waals surface area contributed by atoms with Gasteiger partial charge in [0.2, 0.25) is 11.8 Å². The molecule has 1 N–H and O–H groups in total. The molecule has 0 radical (unpaired) electrons. The Morgan fingerprint density at radius 2 is 1.44 bits per heavy atom. The Labute approximate surface area is 222 Å². The molecular weight excluding hydrogens is 576 g/mol. The second kappa shape index (κ2) is 13.7. The maximum absolute atomic E-state index is 13.5. The monoisotopic (exact) mass is 602 g/mol. The summed E-state index contributed by atoms with van der Waals surface area (Å²) in [4.78, 5) is 28.4. The zero-order valence-corrected chi connectivity index (χ0v) is 23.0. The molecule has 0 spiro atoms. The SMILES string of the molecule is CCNC(=O)[C@@H](Cc1ccccc1)N(Cc1ccc(Br)cc1)C(=O)CSCc1ccc(Br)cc1. The number of rotatable bonds is 11. The summed E-state index contributed by atoms with van der Waals surface area (Å²) in [7, 11) is 0. The summed E-state index contributed by atoms with van der Waals surface area (Å²) in [5.74, 6) is 0.861. The first-order valence-corrected chi connectivity index (χ1v) is 13.9. The van der Waals surface area contributed by atoms with Gasteiger partial charge in [-0.3, -0.25) is 9.59 Å². The maximum Gasteiger partial charge on any atom is 0.243 e. The molecule has 3 aromatic rings. The van der Waals surface area contributed by atoms with Crippen LogP contribution in [-0.4, -0.2) is 35.1 Å². The van der Waals surface area contributed by atoms with E-state index in [4.69, 9.17) is 0 Å². The molecule has 0 fully saturated rings. The van der Waals surface area contributed by atoms with Crippen molar-refractivity contribution in [3.8, 4) is 0 Å². The van der Waals surface area contributed by atoms with Gasteiger partial charge in [-0.25, -0.2) is 0 Å². The Morgan fingerprint density at radius 1 is 0.853 bits per heavy atom. The molecule has 2 amide bonds. The first kappa shape index (κ1) is 26.5. The molecular formula is C27H28Br2N2O2S. The van der Waals surface area contributed by atoms with Crippen molar-refractivity contribution in [2.24, 2.45) is 0 Å². The minimum absolute atomic E-state index is 0.0442. The topological polar surface area (TPSA) is 49.4 Å². The second-order valence-electron chi connectivity index (χ2n) is 7.87. The molecule has 34 heavy (non-hydrogen) atoms. The summed E-state index contributed by atoms with van der Waals surface area (Å²) in [5.41, 5.74) is 3.16. The summed E-state index contributed by atoms with van der Waals surface area (Å²) in [6, 6.07) is 25.3. The third kappa shape index (κ3) is 8.29. The fraction of sp³-hybridized carbons (Fsp3) is 0.259. The van der Waals surface area contributed by atoms with Gasteiger partial charge in [-0.2, -0.15) is 0 Å². The lowest BCUT2D eigenvalue weighted by Gasteiger charge is -2.31. The third-order valence-corrected chi connectivity index (χ3v) is 7.34. The fourth-order valence-corrected chi connectivity index (χ4v) is 4.95. The van der Waals surface area contributed by atoms with Gasteiger partial charge in [0.05, 0.1) is 5.75 Å². The van der Waals surface area contributed by atoms with Crippen molar-refractivity contribution in [2.75, 3.05) is 12.3 Å². The molecule has 3 rings (SSSR count). The normalized spacial score (nSPS) is 11.6. The maximum atomic E-state index is 13.5. The van der Waals surface area contributed by atoms with Crippen LogP contribution in [0.25, 0.3) is 0 Å².